The van der Waals surface area contributed by atoms with E-state index in [1.807, 2.05) is 0 Å². The van der Waals surface area contributed by atoms with E-state index in [2.05, 4.69) is 46.3 Å². The molecule has 0 aliphatic carbocycles. The Kier molecular flexibility index (Phi) is 6.14. The van der Waals surface area contributed by atoms with Gasteiger partial charge in [0.1, 0.15) is 0 Å². The summed E-state index contributed by atoms with van der Waals surface area (Å²) in [6.45, 7) is 5.37. The van der Waals surface area contributed by atoms with Gasteiger partial charge in [-0.25, -0.2) is 0 Å². The average Bonchev–Trinajstić information content (AvgIpc) is 3.14. The Labute approximate surface area is 164 Å². The van der Waals surface area contributed by atoms with Crippen molar-refractivity contribution in [1.82, 2.24) is 10.2 Å². The van der Waals surface area contributed by atoms with Gasteiger partial charge in [0.25, 0.3) is 0 Å². The predicted molar refractivity (Wildman–Crippen MR) is 111 cm³/mol. The summed E-state index contributed by atoms with van der Waals surface area (Å²) in [4.78, 5) is 17.7. The summed E-state index contributed by atoms with van der Waals surface area (Å²) in [7, 11) is 0. The van der Waals surface area contributed by atoms with E-state index in [-0.39, 0.29) is 5.91 Å². The first-order chi connectivity index (χ1) is 13.3. The van der Waals surface area contributed by atoms with Crippen LogP contribution in [-0.4, -0.2) is 42.5 Å². The van der Waals surface area contributed by atoms with Gasteiger partial charge < -0.3 is 10.2 Å². The van der Waals surface area contributed by atoms with Gasteiger partial charge in [-0.1, -0.05) is 25.5 Å². The summed E-state index contributed by atoms with van der Waals surface area (Å²) in [6.07, 6.45) is 10.4. The SMILES string of the molecule is CCCC(=O)N(c1ccc(C2CCC3CCCCN32)cc1)C1CCNCC1. The molecule has 0 radical (unpaired) electrons. The van der Waals surface area contributed by atoms with Gasteiger partial charge in [-0.3, -0.25) is 9.69 Å². The van der Waals surface area contributed by atoms with Crippen LogP contribution in [0, 0.1) is 0 Å². The van der Waals surface area contributed by atoms with Crippen LogP contribution in [0.15, 0.2) is 24.3 Å². The summed E-state index contributed by atoms with van der Waals surface area (Å²) in [5.74, 6) is 0.286. The number of benzene rings is 1. The summed E-state index contributed by atoms with van der Waals surface area (Å²) in [5, 5.41) is 3.42. The number of fused-ring (bicyclic) bond motifs is 1. The lowest BCUT2D eigenvalue weighted by atomic mass is 10.0. The molecule has 0 saturated carbocycles. The van der Waals surface area contributed by atoms with Gasteiger partial charge in [0.2, 0.25) is 5.91 Å². The molecule has 4 nitrogen and oxygen atoms in total. The smallest absolute Gasteiger partial charge is 0.227 e. The number of piperidine rings is 2. The van der Waals surface area contributed by atoms with Gasteiger partial charge in [0.05, 0.1) is 0 Å². The monoisotopic (exact) mass is 369 g/mol. The second kappa shape index (κ2) is 8.74. The topological polar surface area (TPSA) is 35.6 Å². The number of amides is 1. The van der Waals surface area contributed by atoms with Gasteiger partial charge in [-0.05, 0) is 82.3 Å². The number of anilines is 1. The third-order valence-electron chi connectivity index (χ3n) is 6.81. The third kappa shape index (κ3) is 4.07. The van der Waals surface area contributed by atoms with Crippen molar-refractivity contribution in [3.63, 3.8) is 0 Å². The van der Waals surface area contributed by atoms with E-state index in [1.165, 1.54) is 44.2 Å². The maximum Gasteiger partial charge on any atom is 0.227 e. The second-order valence-electron chi connectivity index (χ2n) is 8.57. The molecule has 0 aromatic heterocycles. The molecule has 1 aromatic carbocycles. The van der Waals surface area contributed by atoms with Gasteiger partial charge in [-0.2, -0.15) is 0 Å². The van der Waals surface area contributed by atoms with E-state index in [9.17, 15) is 4.79 Å². The van der Waals surface area contributed by atoms with Crippen LogP contribution in [-0.2, 0) is 4.79 Å². The van der Waals surface area contributed by atoms with Crippen LogP contribution < -0.4 is 10.2 Å². The first-order valence-electron chi connectivity index (χ1n) is 11.2. The summed E-state index contributed by atoms with van der Waals surface area (Å²) >= 11 is 0. The maximum absolute atomic E-state index is 12.9. The van der Waals surface area contributed by atoms with E-state index in [1.54, 1.807) is 0 Å². The molecule has 3 saturated heterocycles. The minimum Gasteiger partial charge on any atom is -0.317 e. The largest absolute Gasteiger partial charge is 0.317 e. The highest BCUT2D eigenvalue weighted by molar-refractivity contribution is 5.94. The lowest BCUT2D eigenvalue weighted by Crippen LogP contribution is -2.46. The Balaban J connectivity index is 1.52. The van der Waals surface area contributed by atoms with Crippen molar-refractivity contribution in [3.05, 3.63) is 29.8 Å². The van der Waals surface area contributed by atoms with Crippen LogP contribution in [0.2, 0.25) is 0 Å². The van der Waals surface area contributed by atoms with Crippen LogP contribution in [0.1, 0.15) is 76.3 Å². The number of rotatable bonds is 5. The van der Waals surface area contributed by atoms with E-state index in [0.717, 1.165) is 44.1 Å². The standard InChI is InChI=1S/C23H35N3O/c1-2-5-23(27)26(21-13-15-24-16-14-21)20-9-7-18(8-10-20)22-12-11-19-6-3-4-17-25(19)22/h7-10,19,21-22,24H,2-6,11-17H2,1H3. The van der Waals surface area contributed by atoms with E-state index in [4.69, 9.17) is 0 Å². The minimum absolute atomic E-state index is 0.286. The Morgan fingerprint density at radius 2 is 1.85 bits per heavy atom. The molecule has 148 valence electrons. The summed E-state index contributed by atoms with van der Waals surface area (Å²) in [6, 6.07) is 10.7. The zero-order valence-electron chi connectivity index (χ0n) is 16.8. The van der Waals surface area contributed by atoms with Crippen LogP contribution in [0.4, 0.5) is 5.69 Å². The number of hydrogen-bond donors (Lipinski definition) is 1. The fourth-order valence-corrected chi connectivity index (χ4v) is 5.43. The third-order valence-corrected chi connectivity index (χ3v) is 6.81. The summed E-state index contributed by atoms with van der Waals surface area (Å²) < 4.78 is 0. The fraction of sp³-hybridized carbons (Fsp3) is 0.696. The minimum atomic E-state index is 0.286. The number of carbonyl (C=O) groups is 1. The van der Waals surface area contributed by atoms with Gasteiger partial charge in [-0.15, -0.1) is 0 Å². The van der Waals surface area contributed by atoms with Crippen LogP contribution in [0.25, 0.3) is 0 Å². The number of nitrogens with one attached hydrogen (secondary N) is 1. The molecular weight excluding hydrogens is 334 g/mol. The molecular formula is C23H35N3O. The molecule has 3 heterocycles. The zero-order valence-corrected chi connectivity index (χ0v) is 16.8. The molecule has 0 bridgehead atoms. The number of carbonyl (C=O) groups excluding carboxylic acids is 1. The Morgan fingerprint density at radius 1 is 1.07 bits per heavy atom. The van der Waals surface area contributed by atoms with E-state index < -0.39 is 0 Å². The molecule has 1 N–H and O–H groups in total. The van der Waals surface area contributed by atoms with Gasteiger partial charge in [0.15, 0.2) is 0 Å². The van der Waals surface area contributed by atoms with Gasteiger partial charge >= 0.3 is 0 Å². The Hall–Kier alpha value is -1.39. The molecule has 27 heavy (non-hydrogen) atoms. The Bertz CT molecular complexity index is 623. The van der Waals surface area contributed by atoms with Crippen molar-refractivity contribution in [2.24, 2.45) is 0 Å². The van der Waals surface area contributed by atoms with Crippen molar-refractivity contribution < 1.29 is 4.79 Å². The Morgan fingerprint density at radius 3 is 2.59 bits per heavy atom. The molecule has 0 spiro atoms. The van der Waals surface area contributed by atoms with Crippen molar-refractivity contribution in [2.45, 2.75) is 82.8 Å². The zero-order chi connectivity index (χ0) is 18.6. The van der Waals surface area contributed by atoms with E-state index in [0.29, 0.717) is 18.5 Å². The molecule has 1 amide bonds. The second-order valence-corrected chi connectivity index (χ2v) is 8.57. The van der Waals surface area contributed by atoms with Crippen LogP contribution in [0.3, 0.4) is 0 Å². The average molecular weight is 370 g/mol. The quantitative estimate of drug-likeness (QED) is 0.842. The lowest BCUT2D eigenvalue weighted by molar-refractivity contribution is -0.119. The van der Waals surface area contributed by atoms with E-state index >= 15 is 0 Å². The van der Waals surface area contributed by atoms with Gasteiger partial charge in [0, 0.05) is 30.2 Å². The molecule has 2 atom stereocenters. The van der Waals surface area contributed by atoms with Crippen molar-refractivity contribution in [1.29, 1.82) is 0 Å². The lowest BCUT2D eigenvalue weighted by Gasteiger charge is -2.36. The molecule has 1 aromatic rings. The fourth-order valence-electron chi connectivity index (χ4n) is 5.43. The van der Waals surface area contributed by atoms with Crippen LogP contribution in [0.5, 0.6) is 0 Å². The van der Waals surface area contributed by atoms with Crippen molar-refractivity contribution in [2.75, 3.05) is 24.5 Å². The molecule has 4 heteroatoms. The highest BCUT2D eigenvalue weighted by Gasteiger charge is 2.35. The maximum atomic E-state index is 12.9. The van der Waals surface area contributed by atoms with Crippen molar-refractivity contribution in [3.8, 4) is 0 Å². The first-order valence-corrected chi connectivity index (χ1v) is 11.2. The number of hydrogen-bond acceptors (Lipinski definition) is 3. The molecule has 3 aliphatic heterocycles. The molecule has 2 unspecified atom stereocenters. The van der Waals surface area contributed by atoms with Crippen LogP contribution >= 0.6 is 0 Å². The molecule has 3 aliphatic rings. The molecule has 3 fully saturated rings. The predicted octanol–water partition coefficient (Wildman–Crippen LogP) is 4.26. The van der Waals surface area contributed by atoms with Crippen molar-refractivity contribution >= 4 is 11.6 Å². The normalized spacial score (nSPS) is 26.7. The highest BCUT2D eigenvalue weighted by Crippen LogP contribution is 2.40. The summed E-state index contributed by atoms with van der Waals surface area (Å²) in [5.41, 5.74) is 2.54. The number of nitrogens with zero attached hydrogens (tertiary/aromatic N) is 2. The first kappa shape index (κ1) is 18.9. The highest BCUT2D eigenvalue weighted by atomic mass is 16.2. The molecule has 4 rings (SSSR count).